The third-order valence-corrected chi connectivity index (χ3v) is 9.28. The van der Waals surface area contributed by atoms with Gasteiger partial charge < -0.3 is 15.0 Å². The zero-order valence-corrected chi connectivity index (χ0v) is 17.8. The van der Waals surface area contributed by atoms with E-state index in [2.05, 4.69) is 5.32 Å². The van der Waals surface area contributed by atoms with Crippen LogP contribution in [0.3, 0.4) is 0 Å². The molecule has 1 N–H and O–H groups in total. The molecule has 29 heavy (non-hydrogen) atoms. The third kappa shape index (κ3) is 3.44. The number of urea groups is 1. The van der Waals surface area contributed by atoms with Gasteiger partial charge in [0.15, 0.2) is 0 Å². The van der Waals surface area contributed by atoms with Gasteiger partial charge in [-0.25, -0.2) is 13.2 Å². The topological polar surface area (TPSA) is 79.0 Å². The number of carbonyl (C=O) groups excluding carboxylic acids is 1. The highest BCUT2D eigenvalue weighted by molar-refractivity contribution is 7.90. The van der Waals surface area contributed by atoms with Crippen LogP contribution >= 0.6 is 11.6 Å². The summed E-state index contributed by atoms with van der Waals surface area (Å²) in [7, 11) is -3.50. The maximum atomic E-state index is 13.3. The lowest BCUT2D eigenvalue weighted by Crippen LogP contribution is -2.59. The van der Waals surface area contributed by atoms with Gasteiger partial charge in [-0.05, 0) is 37.0 Å². The molecule has 1 saturated carbocycles. The van der Waals surface area contributed by atoms with Gasteiger partial charge in [0.2, 0.25) is 10.0 Å². The van der Waals surface area contributed by atoms with E-state index in [1.54, 1.807) is 17.0 Å². The predicted octanol–water partition coefficient (Wildman–Crippen LogP) is 2.35. The number of fused-ring (bicyclic) bond motifs is 1. The second-order valence-corrected chi connectivity index (χ2v) is 11.3. The quantitative estimate of drug-likeness (QED) is 0.784. The molecule has 3 atom stereocenters. The van der Waals surface area contributed by atoms with Crippen LogP contribution < -0.4 is 5.32 Å². The second kappa shape index (κ2) is 7.11. The van der Waals surface area contributed by atoms with Crippen molar-refractivity contribution in [3.63, 3.8) is 0 Å². The highest BCUT2D eigenvalue weighted by atomic mass is 35.5. The van der Waals surface area contributed by atoms with E-state index in [1.807, 2.05) is 12.1 Å². The number of morpholine rings is 1. The van der Waals surface area contributed by atoms with Gasteiger partial charge in [0.25, 0.3) is 0 Å². The predicted molar refractivity (Wildman–Crippen MR) is 109 cm³/mol. The standard InChI is InChI=1S/C20H26ClN3O4S/c21-15-5-3-4-14(8-15)10-24-13-20-12-23(19(25)22-16-6-1-2-7-16)11-17(28-20)9-18(20)29(24,26)27/h3-5,8,16-18H,1-2,6-7,9-13H2,(H,22,25)/t17-,18+,20+/m0/s1. The van der Waals surface area contributed by atoms with E-state index < -0.39 is 20.9 Å². The van der Waals surface area contributed by atoms with E-state index in [1.165, 1.54) is 4.31 Å². The Balaban J connectivity index is 1.34. The number of carbonyl (C=O) groups is 1. The molecule has 1 aromatic rings. The Hall–Kier alpha value is -1.35. The summed E-state index contributed by atoms with van der Waals surface area (Å²) in [6.45, 7) is 1.32. The lowest BCUT2D eigenvalue weighted by molar-refractivity contribution is -0.0959. The highest BCUT2D eigenvalue weighted by Crippen LogP contribution is 2.47. The molecule has 7 nitrogen and oxygen atoms in total. The average Bonchev–Trinajstić information content (AvgIpc) is 3.31. The minimum Gasteiger partial charge on any atom is -0.365 e. The first-order valence-corrected chi connectivity index (χ1v) is 12.2. The summed E-state index contributed by atoms with van der Waals surface area (Å²) in [6, 6.07) is 7.40. The van der Waals surface area contributed by atoms with Gasteiger partial charge in [-0.1, -0.05) is 36.6 Å². The van der Waals surface area contributed by atoms with Crippen molar-refractivity contribution in [2.75, 3.05) is 19.6 Å². The minimum atomic E-state index is -3.50. The van der Waals surface area contributed by atoms with Crippen LogP contribution in [0.15, 0.2) is 24.3 Å². The fourth-order valence-electron chi connectivity index (χ4n) is 5.42. The van der Waals surface area contributed by atoms with Crippen molar-refractivity contribution in [3.8, 4) is 0 Å². The Bertz CT molecular complexity index is 920. The number of benzene rings is 1. The molecule has 0 aromatic heterocycles. The highest BCUT2D eigenvalue weighted by Gasteiger charge is 2.65. The van der Waals surface area contributed by atoms with Gasteiger partial charge in [-0.3, -0.25) is 0 Å². The molecule has 3 aliphatic heterocycles. The Kier molecular flexibility index (Phi) is 4.81. The maximum absolute atomic E-state index is 13.3. The normalized spacial score (nSPS) is 33.8. The number of nitrogens with zero attached hydrogens (tertiary/aromatic N) is 2. The third-order valence-electron chi connectivity index (χ3n) is 6.73. The van der Waals surface area contributed by atoms with Crippen LogP contribution in [-0.4, -0.2) is 66.3 Å². The zero-order chi connectivity index (χ0) is 20.2. The molecule has 1 spiro atoms. The lowest BCUT2D eigenvalue weighted by atomic mass is 9.99. The number of nitrogens with one attached hydrogen (secondary N) is 1. The van der Waals surface area contributed by atoms with Crippen molar-refractivity contribution >= 4 is 27.7 Å². The van der Waals surface area contributed by atoms with E-state index in [0.717, 1.165) is 31.2 Å². The van der Waals surface area contributed by atoms with Crippen LogP contribution in [0.2, 0.25) is 5.02 Å². The summed E-state index contributed by atoms with van der Waals surface area (Å²) >= 11 is 6.06. The molecule has 4 aliphatic rings. The summed E-state index contributed by atoms with van der Waals surface area (Å²) in [5, 5.41) is 3.12. The molecule has 2 bridgehead atoms. The van der Waals surface area contributed by atoms with E-state index in [4.69, 9.17) is 16.3 Å². The largest absolute Gasteiger partial charge is 0.365 e. The number of ether oxygens (including phenoxy) is 1. The molecular formula is C20H26ClN3O4S. The molecule has 2 amide bonds. The van der Waals surface area contributed by atoms with Gasteiger partial charge in [0.05, 0.1) is 12.6 Å². The van der Waals surface area contributed by atoms with Crippen LogP contribution in [0.1, 0.15) is 37.7 Å². The second-order valence-electron chi connectivity index (χ2n) is 8.78. The summed E-state index contributed by atoms with van der Waals surface area (Å²) in [5.41, 5.74) is 0.00788. The molecule has 1 aromatic carbocycles. The fourth-order valence-corrected chi connectivity index (χ4v) is 7.93. The van der Waals surface area contributed by atoms with Crippen LogP contribution in [0.5, 0.6) is 0 Å². The van der Waals surface area contributed by atoms with Crippen molar-refractivity contribution in [1.82, 2.24) is 14.5 Å². The first-order chi connectivity index (χ1) is 13.9. The smallest absolute Gasteiger partial charge is 0.317 e. The van der Waals surface area contributed by atoms with Crippen molar-refractivity contribution in [2.24, 2.45) is 0 Å². The molecular weight excluding hydrogens is 414 g/mol. The van der Waals surface area contributed by atoms with Gasteiger partial charge in [0, 0.05) is 30.7 Å². The van der Waals surface area contributed by atoms with Gasteiger partial charge in [0.1, 0.15) is 10.9 Å². The summed E-state index contributed by atoms with van der Waals surface area (Å²) in [5.74, 6) is 0. The number of halogens is 1. The van der Waals surface area contributed by atoms with E-state index in [-0.39, 0.29) is 31.3 Å². The van der Waals surface area contributed by atoms with E-state index in [9.17, 15) is 13.2 Å². The summed E-state index contributed by atoms with van der Waals surface area (Å²) < 4.78 is 34.2. The minimum absolute atomic E-state index is 0.0871. The van der Waals surface area contributed by atoms with Gasteiger partial charge in [-0.15, -0.1) is 0 Å². The van der Waals surface area contributed by atoms with Crippen molar-refractivity contribution in [3.05, 3.63) is 34.9 Å². The Morgan fingerprint density at radius 2 is 2.07 bits per heavy atom. The van der Waals surface area contributed by atoms with Gasteiger partial charge >= 0.3 is 6.03 Å². The Labute approximate surface area is 176 Å². The number of hydrogen-bond acceptors (Lipinski definition) is 4. The number of hydrogen-bond donors (Lipinski definition) is 1. The van der Waals surface area contributed by atoms with Crippen LogP contribution in [-0.2, 0) is 21.3 Å². The summed E-state index contributed by atoms with van der Waals surface area (Å²) in [4.78, 5) is 14.6. The average molecular weight is 440 g/mol. The molecule has 4 fully saturated rings. The molecule has 1 aliphatic carbocycles. The number of likely N-dealkylation sites (tertiary alicyclic amines) is 1. The zero-order valence-electron chi connectivity index (χ0n) is 16.2. The first kappa shape index (κ1) is 19.6. The van der Waals surface area contributed by atoms with Crippen LogP contribution in [0.25, 0.3) is 0 Å². The number of rotatable bonds is 3. The van der Waals surface area contributed by atoms with Crippen molar-refractivity contribution in [1.29, 1.82) is 0 Å². The number of sulfonamides is 1. The summed E-state index contributed by atoms with van der Waals surface area (Å²) in [6.07, 6.45) is 4.58. The van der Waals surface area contributed by atoms with E-state index >= 15 is 0 Å². The molecule has 9 heteroatoms. The Morgan fingerprint density at radius 3 is 2.83 bits per heavy atom. The lowest BCUT2D eigenvalue weighted by Gasteiger charge is -2.39. The molecule has 5 rings (SSSR count). The molecule has 0 unspecified atom stereocenters. The fraction of sp³-hybridized carbons (Fsp3) is 0.650. The molecule has 158 valence electrons. The maximum Gasteiger partial charge on any atom is 0.317 e. The Morgan fingerprint density at radius 1 is 1.28 bits per heavy atom. The van der Waals surface area contributed by atoms with Crippen LogP contribution in [0.4, 0.5) is 4.79 Å². The SMILES string of the molecule is O=C(NC1CCCC1)N1C[C@@H]2C[C@@H]3[C@@](C1)(CN(Cc1cccc(Cl)c1)S3(=O)=O)O2. The monoisotopic (exact) mass is 439 g/mol. The number of amides is 2. The molecule has 3 heterocycles. The van der Waals surface area contributed by atoms with Crippen molar-refractivity contribution in [2.45, 2.75) is 61.6 Å². The van der Waals surface area contributed by atoms with Gasteiger partial charge in [-0.2, -0.15) is 4.31 Å². The van der Waals surface area contributed by atoms with E-state index in [0.29, 0.717) is 24.5 Å². The van der Waals surface area contributed by atoms with Crippen LogP contribution in [0, 0.1) is 0 Å². The molecule has 3 saturated heterocycles. The first-order valence-electron chi connectivity index (χ1n) is 10.3. The molecule has 0 radical (unpaired) electrons. The van der Waals surface area contributed by atoms with Crippen molar-refractivity contribution < 1.29 is 17.9 Å².